The third kappa shape index (κ3) is 3.36. The lowest BCUT2D eigenvalue weighted by Crippen LogP contribution is -2.46. The van der Waals surface area contributed by atoms with E-state index >= 15 is 0 Å². The maximum atomic E-state index is 13.7. The van der Waals surface area contributed by atoms with Crippen molar-refractivity contribution in [1.29, 1.82) is 0 Å². The highest BCUT2D eigenvalue weighted by Gasteiger charge is 2.34. The van der Waals surface area contributed by atoms with Crippen LogP contribution in [0.3, 0.4) is 0 Å². The fourth-order valence-corrected chi connectivity index (χ4v) is 4.32. The third-order valence-corrected chi connectivity index (χ3v) is 5.73. The summed E-state index contributed by atoms with van der Waals surface area (Å²) in [6, 6.07) is 0. The van der Waals surface area contributed by atoms with Crippen LogP contribution in [0.5, 0.6) is 0 Å². The van der Waals surface area contributed by atoms with E-state index in [-0.39, 0.29) is 6.61 Å². The molecule has 0 amide bonds. The molecule has 0 atom stereocenters. The Morgan fingerprint density at radius 1 is 0.952 bits per heavy atom. The molecule has 0 unspecified atom stereocenters. The molecular weight excluding hydrogens is 368 g/mol. The molecule has 0 fully saturated rings. The van der Waals surface area contributed by atoms with Gasteiger partial charge in [0.1, 0.15) is 11.6 Å². The molecule has 1 aromatic carbocycles. The Hall–Kier alpha value is -0.773. The molecule has 0 aliphatic carbocycles. The van der Waals surface area contributed by atoms with Gasteiger partial charge in [0.15, 0.2) is 11.6 Å². The average molecular weight is 373 g/mol. The summed E-state index contributed by atoms with van der Waals surface area (Å²) < 4.78 is 96.2. The van der Waals surface area contributed by atoms with Crippen molar-refractivity contribution >= 4 is 40.1 Å². The normalized spacial score (nSPS) is 11.7. The number of rotatable bonds is 4. The van der Waals surface area contributed by atoms with Crippen molar-refractivity contribution in [3.63, 3.8) is 0 Å². The Morgan fingerprint density at radius 3 is 1.71 bits per heavy atom. The monoisotopic (exact) mass is 372 g/mol. The molecule has 11 heteroatoms. The van der Waals surface area contributed by atoms with Gasteiger partial charge in [-0.25, -0.2) is 22.0 Å². The van der Waals surface area contributed by atoms with Crippen LogP contribution in [0.15, 0.2) is 6.08 Å². The van der Waals surface area contributed by atoms with Crippen LogP contribution in [0, 0.1) is 23.3 Å². The van der Waals surface area contributed by atoms with Crippen molar-refractivity contribution in [2.45, 2.75) is 6.92 Å². The maximum absolute atomic E-state index is 13.7. The Bertz CT molecular complexity index is 573. The second-order valence-electron chi connectivity index (χ2n) is 3.53. The van der Waals surface area contributed by atoms with Crippen molar-refractivity contribution in [2.24, 2.45) is 0 Å². The van der Waals surface area contributed by atoms with Crippen LogP contribution in [0.1, 0.15) is 12.5 Å². The summed E-state index contributed by atoms with van der Waals surface area (Å²) in [5.41, 5.74) is -2.18. The summed E-state index contributed by atoms with van der Waals surface area (Å²) in [5, 5.41) is -1.47. The molecule has 0 radical (unpaired) electrons. The molecule has 0 aliphatic heterocycles. The van der Waals surface area contributed by atoms with Gasteiger partial charge < -0.3 is 26.6 Å². The van der Waals surface area contributed by atoms with Crippen LogP contribution < -0.4 is 5.19 Å². The van der Waals surface area contributed by atoms with Crippen LogP contribution in [0.2, 0.25) is 0 Å². The van der Waals surface area contributed by atoms with E-state index in [4.69, 9.17) is 22.2 Å². The molecule has 0 heterocycles. The zero-order chi connectivity index (χ0) is 16.5. The lowest BCUT2D eigenvalue weighted by molar-refractivity contribution is 0.352. The van der Waals surface area contributed by atoms with Crippen LogP contribution in [-0.2, 0) is 4.43 Å². The van der Waals surface area contributed by atoms with Crippen molar-refractivity contribution in [3.05, 3.63) is 34.9 Å². The predicted octanol–water partition coefficient (Wildman–Crippen LogP) is 4.44. The molecule has 0 N–H and O–H groups in total. The topological polar surface area (TPSA) is 9.23 Å². The highest BCUT2D eigenvalue weighted by molar-refractivity contribution is 7.48. The maximum Gasteiger partial charge on any atom is 0.306 e. The molecule has 1 rings (SSSR count). The number of halogens is 9. The SMILES string of the molecule is CCO[Si-](Cl)(Cl)c1c(F)c(F)c(C(F)=C(F)F)c(F)c1F. The van der Waals surface area contributed by atoms with Gasteiger partial charge >= 0.3 is 6.08 Å². The van der Waals surface area contributed by atoms with E-state index in [2.05, 4.69) is 4.43 Å². The van der Waals surface area contributed by atoms with Gasteiger partial charge in [-0.15, -0.1) is 0 Å². The van der Waals surface area contributed by atoms with E-state index in [1.807, 2.05) is 0 Å². The number of hydrogen-bond donors (Lipinski definition) is 0. The van der Waals surface area contributed by atoms with E-state index < -0.39 is 52.9 Å². The second kappa shape index (κ2) is 6.55. The summed E-state index contributed by atoms with van der Waals surface area (Å²) in [7, 11) is 0. The highest BCUT2D eigenvalue weighted by atomic mass is 35.7. The molecule has 0 aromatic heterocycles. The third-order valence-electron chi connectivity index (χ3n) is 2.27. The summed E-state index contributed by atoms with van der Waals surface area (Å²) >= 11 is 11.1. The van der Waals surface area contributed by atoms with Crippen LogP contribution in [0.25, 0.3) is 5.83 Å². The van der Waals surface area contributed by atoms with Crippen LogP contribution in [-0.4, -0.2) is 13.5 Å². The van der Waals surface area contributed by atoms with Crippen LogP contribution >= 0.6 is 22.2 Å². The lowest BCUT2D eigenvalue weighted by Gasteiger charge is -2.32. The minimum absolute atomic E-state index is 0.240. The number of hydrogen-bond acceptors (Lipinski definition) is 1. The largest absolute Gasteiger partial charge is 0.540 e. The van der Waals surface area contributed by atoms with Crippen molar-refractivity contribution in [1.82, 2.24) is 0 Å². The molecular formula is C10H5Cl2F7OSi-. The van der Waals surface area contributed by atoms with E-state index in [9.17, 15) is 30.7 Å². The van der Waals surface area contributed by atoms with E-state index in [1.54, 1.807) is 0 Å². The Kier molecular flexibility index (Phi) is 5.70. The first-order chi connectivity index (χ1) is 9.56. The molecule has 0 saturated carbocycles. The first-order valence-corrected chi connectivity index (χ1v) is 9.08. The van der Waals surface area contributed by atoms with Gasteiger partial charge in [-0.1, -0.05) is 5.19 Å². The molecule has 0 bridgehead atoms. The minimum Gasteiger partial charge on any atom is -0.540 e. The lowest BCUT2D eigenvalue weighted by atomic mass is 10.1. The number of benzene rings is 1. The second-order valence-corrected chi connectivity index (χ2v) is 9.13. The van der Waals surface area contributed by atoms with Gasteiger partial charge in [-0.3, -0.25) is 0 Å². The Balaban J connectivity index is 3.74. The molecule has 21 heavy (non-hydrogen) atoms. The van der Waals surface area contributed by atoms with Gasteiger partial charge in [-0.2, -0.15) is 8.78 Å². The molecule has 119 valence electrons. The summed E-state index contributed by atoms with van der Waals surface area (Å²) in [4.78, 5) is 0. The molecule has 1 nitrogen and oxygen atoms in total. The Morgan fingerprint density at radius 2 is 1.38 bits per heavy atom. The first kappa shape index (κ1) is 18.3. The molecule has 0 aliphatic rings. The van der Waals surface area contributed by atoms with Crippen molar-refractivity contribution in [2.75, 3.05) is 6.61 Å². The van der Waals surface area contributed by atoms with E-state index in [1.165, 1.54) is 6.92 Å². The minimum atomic E-state index is -4.43. The van der Waals surface area contributed by atoms with Crippen molar-refractivity contribution < 1.29 is 35.2 Å². The van der Waals surface area contributed by atoms with Gasteiger partial charge in [0, 0.05) is 6.61 Å². The van der Waals surface area contributed by atoms with E-state index in [0.717, 1.165) is 0 Å². The standard InChI is InChI=1S/C10H5Cl2F7OSi/c1-2-20-21(11,12)9-7(16)4(13)3(5(14)8(9)17)6(15)10(18)19/h2H2,1H3/q-1. The van der Waals surface area contributed by atoms with Gasteiger partial charge in [0.2, 0.25) is 12.8 Å². The molecule has 0 spiro atoms. The Labute approximate surface area is 124 Å². The van der Waals surface area contributed by atoms with Gasteiger partial charge in [0.05, 0.1) is 5.56 Å². The quantitative estimate of drug-likeness (QED) is 0.328. The van der Waals surface area contributed by atoms with Crippen LogP contribution in [0.4, 0.5) is 30.7 Å². The van der Waals surface area contributed by atoms with Gasteiger partial charge in [0.25, 0.3) is 0 Å². The molecule has 1 aromatic rings. The first-order valence-electron chi connectivity index (χ1n) is 5.15. The summed E-state index contributed by atoms with van der Waals surface area (Å²) in [6.07, 6.45) is -3.15. The smallest absolute Gasteiger partial charge is 0.306 e. The molecule has 0 saturated heterocycles. The van der Waals surface area contributed by atoms with Gasteiger partial charge in [-0.05, 0) is 6.92 Å². The zero-order valence-electron chi connectivity index (χ0n) is 10.0. The highest BCUT2D eigenvalue weighted by Crippen LogP contribution is 2.31. The summed E-state index contributed by atoms with van der Waals surface area (Å²) in [5.74, 6) is -11.9. The van der Waals surface area contributed by atoms with Crippen molar-refractivity contribution in [3.8, 4) is 0 Å². The fraction of sp³-hybridized carbons (Fsp3) is 0.200. The average Bonchev–Trinajstić information content (AvgIpc) is 2.36. The fourth-order valence-electron chi connectivity index (χ4n) is 1.43. The summed E-state index contributed by atoms with van der Waals surface area (Å²) in [6.45, 7) is -3.33. The van der Waals surface area contributed by atoms with E-state index in [0.29, 0.717) is 0 Å². The predicted molar refractivity (Wildman–Crippen MR) is 65.2 cm³/mol. The zero-order valence-corrected chi connectivity index (χ0v) is 12.5.